The molecule has 0 aliphatic rings. The van der Waals surface area contributed by atoms with Crippen LogP contribution in [-0.4, -0.2) is 37.6 Å². The molecule has 6 heteroatoms. The van der Waals surface area contributed by atoms with E-state index in [1.54, 1.807) is 6.20 Å². The largest absolute Gasteiger partial charge is 0.338 e. The third-order valence-corrected chi connectivity index (χ3v) is 2.44. The van der Waals surface area contributed by atoms with Crippen LogP contribution in [0, 0.1) is 0 Å². The molecule has 0 saturated carbocycles. The van der Waals surface area contributed by atoms with E-state index in [-0.39, 0.29) is 0 Å². The second-order valence-electron chi connectivity index (χ2n) is 3.62. The van der Waals surface area contributed by atoms with Gasteiger partial charge in [-0.3, -0.25) is 4.68 Å². The van der Waals surface area contributed by atoms with Gasteiger partial charge in [-0.2, -0.15) is 0 Å². The SMILES string of the molecule is Cn1ccnc1CCNCCn1ccnn1. The van der Waals surface area contributed by atoms with Crippen LogP contribution in [-0.2, 0) is 20.0 Å². The van der Waals surface area contributed by atoms with Crippen LogP contribution in [0.2, 0.25) is 0 Å². The lowest BCUT2D eigenvalue weighted by atomic mass is 10.4. The third kappa shape index (κ3) is 2.90. The van der Waals surface area contributed by atoms with Crippen LogP contribution in [0.15, 0.2) is 24.8 Å². The fraction of sp³-hybridized carbons (Fsp3) is 0.500. The number of aryl methyl sites for hydroxylation is 1. The van der Waals surface area contributed by atoms with E-state index in [1.165, 1.54) is 0 Å². The van der Waals surface area contributed by atoms with E-state index in [9.17, 15) is 0 Å². The number of imidazole rings is 1. The summed E-state index contributed by atoms with van der Waals surface area (Å²) in [4.78, 5) is 4.26. The molecule has 2 heterocycles. The highest BCUT2D eigenvalue weighted by Gasteiger charge is 1.98. The van der Waals surface area contributed by atoms with Crippen LogP contribution in [0.3, 0.4) is 0 Å². The fourth-order valence-corrected chi connectivity index (χ4v) is 1.51. The lowest BCUT2D eigenvalue weighted by Crippen LogP contribution is -2.23. The van der Waals surface area contributed by atoms with Gasteiger partial charge in [0.2, 0.25) is 0 Å². The van der Waals surface area contributed by atoms with Crippen LogP contribution in [0.25, 0.3) is 0 Å². The molecular formula is C10H16N6. The van der Waals surface area contributed by atoms with Crippen molar-refractivity contribution in [3.63, 3.8) is 0 Å². The summed E-state index contributed by atoms with van der Waals surface area (Å²) in [6, 6.07) is 0. The molecule has 16 heavy (non-hydrogen) atoms. The van der Waals surface area contributed by atoms with Gasteiger partial charge in [-0.25, -0.2) is 4.98 Å². The molecule has 0 saturated heterocycles. The van der Waals surface area contributed by atoms with E-state index in [4.69, 9.17) is 0 Å². The molecule has 0 unspecified atom stereocenters. The van der Waals surface area contributed by atoms with Crippen molar-refractivity contribution in [2.24, 2.45) is 7.05 Å². The minimum absolute atomic E-state index is 0.848. The van der Waals surface area contributed by atoms with Crippen LogP contribution >= 0.6 is 0 Å². The molecule has 0 atom stereocenters. The van der Waals surface area contributed by atoms with Gasteiger partial charge in [0.1, 0.15) is 5.82 Å². The van der Waals surface area contributed by atoms with E-state index in [2.05, 4.69) is 20.6 Å². The Morgan fingerprint density at radius 3 is 2.88 bits per heavy atom. The summed E-state index contributed by atoms with van der Waals surface area (Å²) in [5, 5.41) is 11.0. The molecule has 0 aliphatic heterocycles. The van der Waals surface area contributed by atoms with Gasteiger partial charge in [-0.1, -0.05) is 5.21 Å². The number of rotatable bonds is 6. The smallest absolute Gasteiger partial charge is 0.109 e. The summed E-state index contributed by atoms with van der Waals surface area (Å²) in [5.74, 6) is 1.10. The van der Waals surface area contributed by atoms with E-state index < -0.39 is 0 Å². The van der Waals surface area contributed by atoms with Crippen molar-refractivity contribution in [1.82, 2.24) is 29.9 Å². The lowest BCUT2D eigenvalue weighted by Gasteiger charge is -2.04. The highest BCUT2D eigenvalue weighted by molar-refractivity contribution is 4.91. The number of nitrogens with zero attached hydrogens (tertiary/aromatic N) is 5. The molecule has 0 aliphatic carbocycles. The standard InChI is InChI=1S/C10H16N6/c1-15-7-5-12-10(15)2-3-11-4-8-16-9-6-13-14-16/h5-7,9,11H,2-4,8H2,1H3. The topological polar surface area (TPSA) is 60.6 Å². The predicted molar refractivity (Wildman–Crippen MR) is 59.8 cm³/mol. The Bertz CT molecular complexity index is 405. The van der Waals surface area contributed by atoms with Crippen molar-refractivity contribution in [2.75, 3.05) is 13.1 Å². The molecule has 0 radical (unpaired) electrons. The van der Waals surface area contributed by atoms with Crippen LogP contribution in [0.1, 0.15) is 5.82 Å². The van der Waals surface area contributed by atoms with Crippen molar-refractivity contribution < 1.29 is 0 Å². The predicted octanol–water partition coefficient (Wildman–Crippen LogP) is -0.156. The number of nitrogens with one attached hydrogen (secondary N) is 1. The summed E-state index contributed by atoms with van der Waals surface area (Å²) in [6.45, 7) is 2.67. The van der Waals surface area contributed by atoms with Crippen molar-refractivity contribution >= 4 is 0 Å². The molecular weight excluding hydrogens is 204 g/mol. The van der Waals surface area contributed by atoms with Gasteiger partial charge in [-0.05, 0) is 0 Å². The maximum atomic E-state index is 4.26. The quantitative estimate of drug-likeness (QED) is 0.687. The van der Waals surface area contributed by atoms with E-state index in [0.717, 1.165) is 31.9 Å². The van der Waals surface area contributed by atoms with Crippen LogP contribution in [0.5, 0.6) is 0 Å². The Morgan fingerprint density at radius 1 is 1.25 bits per heavy atom. The summed E-state index contributed by atoms with van der Waals surface area (Å²) >= 11 is 0. The van der Waals surface area contributed by atoms with E-state index in [0.29, 0.717) is 0 Å². The molecule has 0 amide bonds. The Balaban J connectivity index is 1.61. The van der Waals surface area contributed by atoms with Gasteiger partial charge in [0.05, 0.1) is 12.7 Å². The first-order chi connectivity index (χ1) is 7.86. The first kappa shape index (κ1) is 10.8. The Morgan fingerprint density at radius 2 is 2.19 bits per heavy atom. The maximum Gasteiger partial charge on any atom is 0.109 e. The van der Waals surface area contributed by atoms with Gasteiger partial charge >= 0.3 is 0 Å². The first-order valence-corrected chi connectivity index (χ1v) is 5.37. The summed E-state index contributed by atoms with van der Waals surface area (Å²) in [6.07, 6.45) is 8.28. The minimum Gasteiger partial charge on any atom is -0.338 e. The molecule has 86 valence electrons. The number of aromatic nitrogens is 5. The molecule has 2 rings (SSSR count). The van der Waals surface area contributed by atoms with E-state index >= 15 is 0 Å². The Kier molecular flexibility index (Phi) is 3.66. The molecule has 2 aromatic heterocycles. The fourth-order valence-electron chi connectivity index (χ4n) is 1.51. The molecule has 0 fully saturated rings. The minimum atomic E-state index is 0.848. The zero-order valence-electron chi connectivity index (χ0n) is 9.37. The molecule has 0 aromatic carbocycles. The number of hydrogen-bond donors (Lipinski definition) is 1. The van der Waals surface area contributed by atoms with Crippen molar-refractivity contribution in [3.05, 3.63) is 30.6 Å². The number of hydrogen-bond acceptors (Lipinski definition) is 4. The van der Waals surface area contributed by atoms with Crippen LogP contribution < -0.4 is 5.32 Å². The molecule has 0 bridgehead atoms. The average molecular weight is 220 g/mol. The second-order valence-corrected chi connectivity index (χ2v) is 3.62. The molecule has 2 aromatic rings. The van der Waals surface area contributed by atoms with Gasteiger partial charge in [0.25, 0.3) is 0 Å². The van der Waals surface area contributed by atoms with Gasteiger partial charge < -0.3 is 9.88 Å². The first-order valence-electron chi connectivity index (χ1n) is 5.37. The van der Waals surface area contributed by atoms with Gasteiger partial charge in [-0.15, -0.1) is 5.10 Å². The summed E-state index contributed by atoms with van der Waals surface area (Å²) in [7, 11) is 2.01. The van der Waals surface area contributed by atoms with Gasteiger partial charge in [0.15, 0.2) is 0 Å². The molecule has 1 N–H and O–H groups in total. The zero-order chi connectivity index (χ0) is 11.2. The lowest BCUT2D eigenvalue weighted by molar-refractivity contribution is 0.537. The second kappa shape index (κ2) is 5.41. The maximum absolute atomic E-state index is 4.26. The Hall–Kier alpha value is -1.69. The average Bonchev–Trinajstić information content (AvgIpc) is 2.90. The van der Waals surface area contributed by atoms with Gasteiger partial charge in [0, 0.05) is 45.1 Å². The summed E-state index contributed by atoms with van der Waals surface area (Å²) in [5.41, 5.74) is 0. The highest BCUT2D eigenvalue weighted by Crippen LogP contribution is 1.93. The van der Waals surface area contributed by atoms with Crippen molar-refractivity contribution in [2.45, 2.75) is 13.0 Å². The highest BCUT2D eigenvalue weighted by atomic mass is 15.4. The van der Waals surface area contributed by atoms with E-state index in [1.807, 2.05) is 34.9 Å². The molecule has 6 nitrogen and oxygen atoms in total. The third-order valence-electron chi connectivity index (χ3n) is 2.44. The zero-order valence-corrected chi connectivity index (χ0v) is 9.37. The normalized spacial score (nSPS) is 10.8. The monoisotopic (exact) mass is 220 g/mol. The van der Waals surface area contributed by atoms with Crippen molar-refractivity contribution in [3.8, 4) is 0 Å². The van der Waals surface area contributed by atoms with Crippen LogP contribution in [0.4, 0.5) is 0 Å². The molecule has 0 spiro atoms. The Labute approximate surface area is 94.3 Å². The van der Waals surface area contributed by atoms with Crippen molar-refractivity contribution in [1.29, 1.82) is 0 Å². The summed E-state index contributed by atoms with van der Waals surface area (Å²) < 4.78 is 3.85.